The SMILES string of the molecule is C=CCNc1nc(C)cn1-c1cc(OC)ccc1Cl. The zero-order valence-corrected chi connectivity index (χ0v) is 11.7. The van der Waals surface area contributed by atoms with E-state index < -0.39 is 0 Å². The van der Waals surface area contributed by atoms with Crippen LogP contribution in [0.25, 0.3) is 5.69 Å². The molecule has 0 aliphatic heterocycles. The zero-order chi connectivity index (χ0) is 13.8. The highest BCUT2D eigenvalue weighted by Gasteiger charge is 2.11. The summed E-state index contributed by atoms with van der Waals surface area (Å²) in [4.78, 5) is 4.43. The van der Waals surface area contributed by atoms with Crippen molar-refractivity contribution in [1.29, 1.82) is 0 Å². The van der Waals surface area contributed by atoms with E-state index in [1.807, 2.05) is 35.9 Å². The molecule has 0 saturated heterocycles. The molecule has 1 aromatic carbocycles. The first-order valence-electron chi connectivity index (χ1n) is 5.90. The van der Waals surface area contributed by atoms with Gasteiger partial charge < -0.3 is 10.1 Å². The van der Waals surface area contributed by atoms with Gasteiger partial charge in [-0.3, -0.25) is 4.57 Å². The first-order valence-corrected chi connectivity index (χ1v) is 6.28. The molecule has 0 saturated carbocycles. The lowest BCUT2D eigenvalue weighted by atomic mass is 10.3. The summed E-state index contributed by atoms with van der Waals surface area (Å²) in [6, 6.07) is 5.51. The molecule has 1 heterocycles. The number of imidazole rings is 1. The highest BCUT2D eigenvalue weighted by molar-refractivity contribution is 6.32. The van der Waals surface area contributed by atoms with Gasteiger partial charge in [0.2, 0.25) is 5.95 Å². The summed E-state index contributed by atoms with van der Waals surface area (Å²) in [6.45, 7) is 6.26. The molecule has 0 amide bonds. The fourth-order valence-electron chi connectivity index (χ4n) is 1.77. The third kappa shape index (κ3) is 2.90. The van der Waals surface area contributed by atoms with Gasteiger partial charge in [-0.2, -0.15) is 0 Å². The molecule has 1 N–H and O–H groups in total. The molecular weight excluding hydrogens is 262 g/mol. The second-order valence-electron chi connectivity index (χ2n) is 4.06. The number of aromatic nitrogens is 2. The number of hydrogen-bond acceptors (Lipinski definition) is 3. The van der Waals surface area contributed by atoms with Gasteiger partial charge in [0.15, 0.2) is 0 Å². The van der Waals surface area contributed by atoms with Gasteiger partial charge in [0.25, 0.3) is 0 Å². The molecule has 5 heteroatoms. The Morgan fingerprint density at radius 1 is 1.53 bits per heavy atom. The molecule has 0 aliphatic carbocycles. The highest BCUT2D eigenvalue weighted by atomic mass is 35.5. The maximum absolute atomic E-state index is 6.25. The molecule has 1 aromatic heterocycles. The van der Waals surface area contributed by atoms with Crippen LogP contribution in [0.4, 0.5) is 5.95 Å². The number of hydrogen-bond donors (Lipinski definition) is 1. The molecule has 0 unspecified atom stereocenters. The van der Waals surface area contributed by atoms with E-state index in [9.17, 15) is 0 Å². The van der Waals surface area contributed by atoms with Crippen LogP contribution in [-0.2, 0) is 0 Å². The van der Waals surface area contributed by atoms with E-state index in [0.717, 1.165) is 23.1 Å². The first kappa shape index (κ1) is 13.5. The van der Waals surface area contributed by atoms with E-state index in [1.54, 1.807) is 13.2 Å². The molecule has 0 aliphatic rings. The minimum atomic E-state index is 0.637. The smallest absolute Gasteiger partial charge is 0.208 e. The van der Waals surface area contributed by atoms with Crippen molar-refractivity contribution in [2.45, 2.75) is 6.92 Å². The lowest BCUT2D eigenvalue weighted by molar-refractivity contribution is 0.414. The van der Waals surface area contributed by atoms with Crippen molar-refractivity contribution in [2.24, 2.45) is 0 Å². The van der Waals surface area contributed by atoms with Crippen molar-refractivity contribution < 1.29 is 4.74 Å². The monoisotopic (exact) mass is 277 g/mol. The van der Waals surface area contributed by atoms with Crippen LogP contribution in [0.1, 0.15) is 5.69 Å². The van der Waals surface area contributed by atoms with Crippen LogP contribution in [0.3, 0.4) is 0 Å². The van der Waals surface area contributed by atoms with Crippen molar-refractivity contribution in [3.8, 4) is 11.4 Å². The number of methoxy groups -OCH3 is 1. The number of nitrogens with one attached hydrogen (secondary N) is 1. The third-order valence-corrected chi connectivity index (χ3v) is 2.96. The molecule has 0 fully saturated rings. The molecule has 0 radical (unpaired) electrons. The molecule has 0 atom stereocenters. The number of anilines is 1. The van der Waals surface area contributed by atoms with Crippen LogP contribution in [0.2, 0.25) is 5.02 Å². The van der Waals surface area contributed by atoms with Gasteiger partial charge in [0, 0.05) is 18.8 Å². The molecular formula is C14H16ClN3O. The normalized spacial score (nSPS) is 10.3. The van der Waals surface area contributed by atoms with Crippen molar-refractivity contribution in [3.05, 3.63) is 47.8 Å². The average molecular weight is 278 g/mol. The van der Waals surface area contributed by atoms with Crippen molar-refractivity contribution >= 4 is 17.5 Å². The summed E-state index contributed by atoms with van der Waals surface area (Å²) >= 11 is 6.25. The van der Waals surface area contributed by atoms with E-state index in [-0.39, 0.29) is 0 Å². The van der Waals surface area contributed by atoms with Crippen molar-refractivity contribution in [1.82, 2.24) is 9.55 Å². The number of aryl methyl sites for hydroxylation is 1. The Balaban J connectivity index is 2.48. The van der Waals surface area contributed by atoms with Gasteiger partial charge >= 0.3 is 0 Å². The van der Waals surface area contributed by atoms with Crippen molar-refractivity contribution in [3.63, 3.8) is 0 Å². The Kier molecular flexibility index (Phi) is 4.12. The standard InChI is InChI=1S/C14H16ClN3O/c1-4-7-16-14-17-10(2)9-18(14)13-8-11(19-3)5-6-12(13)15/h4-6,8-9H,1,7H2,2-3H3,(H,16,17). The van der Waals surface area contributed by atoms with E-state index in [0.29, 0.717) is 11.6 Å². The van der Waals surface area contributed by atoms with E-state index in [1.165, 1.54) is 0 Å². The minimum absolute atomic E-state index is 0.637. The van der Waals surface area contributed by atoms with Gasteiger partial charge in [-0.05, 0) is 19.1 Å². The Morgan fingerprint density at radius 3 is 3.00 bits per heavy atom. The van der Waals surface area contributed by atoms with E-state index in [2.05, 4.69) is 16.9 Å². The van der Waals surface area contributed by atoms with E-state index in [4.69, 9.17) is 16.3 Å². The van der Waals surface area contributed by atoms with Crippen LogP contribution < -0.4 is 10.1 Å². The van der Waals surface area contributed by atoms with Gasteiger partial charge in [-0.25, -0.2) is 4.98 Å². The minimum Gasteiger partial charge on any atom is -0.497 e. The van der Waals surface area contributed by atoms with Crippen LogP contribution in [-0.4, -0.2) is 23.2 Å². The predicted molar refractivity (Wildman–Crippen MR) is 78.5 cm³/mol. The Labute approximate surface area is 117 Å². The van der Waals surface area contributed by atoms with Crippen molar-refractivity contribution in [2.75, 3.05) is 19.0 Å². The first-order chi connectivity index (χ1) is 9.15. The summed E-state index contributed by atoms with van der Waals surface area (Å²) in [6.07, 6.45) is 3.70. The van der Waals surface area contributed by atoms with Crippen LogP contribution in [0.5, 0.6) is 5.75 Å². The molecule has 2 aromatic rings. The van der Waals surface area contributed by atoms with Gasteiger partial charge in [-0.15, -0.1) is 6.58 Å². The molecule has 100 valence electrons. The lowest BCUT2D eigenvalue weighted by Crippen LogP contribution is -2.06. The number of ether oxygens (including phenoxy) is 1. The maximum Gasteiger partial charge on any atom is 0.208 e. The summed E-state index contributed by atoms with van der Waals surface area (Å²) in [5.74, 6) is 1.48. The zero-order valence-electron chi connectivity index (χ0n) is 11.0. The molecule has 0 bridgehead atoms. The topological polar surface area (TPSA) is 39.1 Å². The van der Waals surface area contributed by atoms with Gasteiger partial charge in [-0.1, -0.05) is 17.7 Å². The predicted octanol–water partition coefficient (Wildman–Crippen LogP) is 3.44. The summed E-state index contributed by atoms with van der Waals surface area (Å²) < 4.78 is 7.14. The maximum atomic E-state index is 6.25. The second kappa shape index (κ2) is 5.80. The second-order valence-corrected chi connectivity index (χ2v) is 4.47. The van der Waals surface area contributed by atoms with Crippen LogP contribution >= 0.6 is 11.6 Å². The number of rotatable bonds is 5. The summed E-state index contributed by atoms with van der Waals surface area (Å²) in [5.41, 5.74) is 1.73. The molecule has 0 spiro atoms. The van der Waals surface area contributed by atoms with Gasteiger partial charge in [0.1, 0.15) is 5.75 Å². The number of nitrogens with zero attached hydrogens (tertiary/aromatic N) is 2. The lowest BCUT2D eigenvalue weighted by Gasteiger charge is -2.11. The van der Waals surface area contributed by atoms with Gasteiger partial charge in [0.05, 0.1) is 23.5 Å². The number of benzene rings is 1. The Hall–Kier alpha value is -1.94. The quantitative estimate of drug-likeness (QED) is 0.851. The summed E-state index contributed by atoms with van der Waals surface area (Å²) in [7, 11) is 1.63. The Bertz CT molecular complexity index is 592. The molecule has 4 nitrogen and oxygen atoms in total. The summed E-state index contributed by atoms with van der Waals surface area (Å²) in [5, 5.41) is 3.82. The fourth-order valence-corrected chi connectivity index (χ4v) is 1.98. The average Bonchev–Trinajstić information content (AvgIpc) is 2.78. The third-order valence-electron chi connectivity index (χ3n) is 2.64. The highest BCUT2D eigenvalue weighted by Crippen LogP contribution is 2.28. The Morgan fingerprint density at radius 2 is 2.32 bits per heavy atom. The largest absolute Gasteiger partial charge is 0.497 e. The number of halogens is 1. The van der Waals surface area contributed by atoms with Crippen LogP contribution in [0, 0.1) is 6.92 Å². The molecule has 19 heavy (non-hydrogen) atoms. The fraction of sp³-hybridized carbons (Fsp3) is 0.214. The van der Waals surface area contributed by atoms with Crippen LogP contribution in [0.15, 0.2) is 37.1 Å². The molecule has 2 rings (SSSR count). The van der Waals surface area contributed by atoms with E-state index >= 15 is 0 Å².